The molecule has 0 aliphatic heterocycles. The number of aromatic nitrogens is 5. The van der Waals surface area contributed by atoms with Crippen LogP contribution in [0.1, 0.15) is 23.0 Å². The highest BCUT2D eigenvalue weighted by Crippen LogP contribution is 2.17. The molecule has 0 aliphatic rings. The number of nitrogens with zero attached hydrogens (tertiary/aromatic N) is 5. The molecule has 0 aliphatic carbocycles. The molecular formula is C15H16ClN5. The Hall–Kier alpha value is -2.01. The number of hydrogen-bond donors (Lipinski definition) is 0. The minimum absolute atomic E-state index is 0.533. The van der Waals surface area contributed by atoms with Crippen LogP contribution in [0.3, 0.4) is 0 Å². The normalized spacial score (nSPS) is 11.2. The van der Waals surface area contributed by atoms with Gasteiger partial charge in [0.25, 0.3) is 0 Å². The number of hydrogen-bond acceptors (Lipinski definition) is 4. The molecule has 0 amide bonds. The summed E-state index contributed by atoms with van der Waals surface area (Å²) in [5, 5.41) is 0. The quantitative estimate of drug-likeness (QED) is 0.695. The summed E-state index contributed by atoms with van der Waals surface area (Å²) in [6.07, 6.45) is 2.48. The summed E-state index contributed by atoms with van der Waals surface area (Å²) in [5.74, 6) is 2.24. The van der Waals surface area contributed by atoms with Crippen molar-refractivity contribution in [1.29, 1.82) is 0 Å². The van der Waals surface area contributed by atoms with E-state index in [1.165, 1.54) is 0 Å². The molecule has 0 bridgehead atoms. The van der Waals surface area contributed by atoms with Gasteiger partial charge in [0.2, 0.25) is 0 Å². The smallest absolute Gasteiger partial charge is 0.160 e. The number of rotatable bonds is 4. The van der Waals surface area contributed by atoms with Crippen LogP contribution in [0.5, 0.6) is 0 Å². The molecule has 0 unspecified atom stereocenters. The predicted molar refractivity (Wildman–Crippen MR) is 82.6 cm³/mol. The molecule has 108 valence electrons. The van der Waals surface area contributed by atoms with Gasteiger partial charge >= 0.3 is 0 Å². The molecule has 0 fully saturated rings. The second-order valence-electron chi connectivity index (χ2n) is 4.94. The first-order valence-electron chi connectivity index (χ1n) is 6.84. The van der Waals surface area contributed by atoms with Gasteiger partial charge in [-0.1, -0.05) is 0 Å². The van der Waals surface area contributed by atoms with Crippen molar-refractivity contribution in [3.63, 3.8) is 0 Å². The van der Waals surface area contributed by atoms with Crippen molar-refractivity contribution in [1.82, 2.24) is 24.5 Å². The molecule has 0 aromatic carbocycles. The van der Waals surface area contributed by atoms with Crippen molar-refractivity contribution in [2.24, 2.45) is 0 Å². The Labute approximate surface area is 128 Å². The second kappa shape index (κ2) is 5.77. The summed E-state index contributed by atoms with van der Waals surface area (Å²) >= 11 is 5.90. The Morgan fingerprint density at radius 2 is 1.95 bits per heavy atom. The number of aryl methyl sites for hydroxylation is 3. The molecule has 21 heavy (non-hydrogen) atoms. The van der Waals surface area contributed by atoms with Crippen LogP contribution in [-0.4, -0.2) is 30.4 Å². The molecule has 3 rings (SSSR count). The van der Waals surface area contributed by atoms with E-state index in [9.17, 15) is 0 Å². The maximum absolute atomic E-state index is 5.90. The Morgan fingerprint density at radius 3 is 2.71 bits per heavy atom. The monoisotopic (exact) mass is 301 g/mol. The summed E-state index contributed by atoms with van der Waals surface area (Å²) in [4.78, 5) is 17.8. The Morgan fingerprint density at radius 1 is 1.10 bits per heavy atom. The fourth-order valence-corrected chi connectivity index (χ4v) is 2.51. The summed E-state index contributed by atoms with van der Waals surface area (Å²) in [6.45, 7) is 4.49. The first kappa shape index (κ1) is 13.9. The van der Waals surface area contributed by atoms with Crippen molar-refractivity contribution in [3.05, 3.63) is 47.4 Å². The van der Waals surface area contributed by atoms with Gasteiger partial charge in [-0.3, -0.25) is 0 Å². The van der Waals surface area contributed by atoms with Crippen LogP contribution in [0.2, 0.25) is 0 Å². The van der Waals surface area contributed by atoms with Gasteiger partial charge in [-0.2, -0.15) is 0 Å². The highest BCUT2D eigenvalue weighted by Gasteiger charge is 2.12. The third-order valence-electron chi connectivity index (χ3n) is 3.28. The molecule has 3 heterocycles. The zero-order valence-corrected chi connectivity index (χ0v) is 12.8. The first-order valence-corrected chi connectivity index (χ1v) is 7.38. The van der Waals surface area contributed by atoms with Crippen LogP contribution < -0.4 is 0 Å². The average Bonchev–Trinajstić information content (AvgIpc) is 2.77. The number of alkyl halides is 1. The van der Waals surface area contributed by atoms with Crippen LogP contribution in [-0.2, 0) is 13.0 Å². The summed E-state index contributed by atoms with van der Waals surface area (Å²) in [5.41, 5.74) is 3.69. The van der Waals surface area contributed by atoms with Crippen molar-refractivity contribution < 1.29 is 0 Å². The van der Waals surface area contributed by atoms with Gasteiger partial charge < -0.3 is 4.57 Å². The van der Waals surface area contributed by atoms with E-state index in [0.717, 1.165) is 34.2 Å². The Kier molecular flexibility index (Phi) is 3.84. The highest BCUT2D eigenvalue weighted by molar-refractivity contribution is 6.17. The van der Waals surface area contributed by atoms with Crippen LogP contribution in [0, 0.1) is 13.8 Å². The molecule has 3 aromatic heterocycles. The Bertz CT molecular complexity index is 781. The molecular weight excluding hydrogens is 286 g/mol. The van der Waals surface area contributed by atoms with Gasteiger partial charge in [-0.05, 0) is 32.0 Å². The summed E-state index contributed by atoms with van der Waals surface area (Å²) in [6, 6.07) is 5.88. The van der Waals surface area contributed by atoms with Gasteiger partial charge in [0, 0.05) is 24.2 Å². The van der Waals surface area contributed by atoms with Crippen molar-refractivity contribution in [2.45, 2.75) is 26.8 Å². The minimum Gasteiger partial charge on any atom is -0.307 e. The zero-order chi connectivity index (χ0) is 14.8. The van der Waals surface area contributed by atoms with E-state index in [-0.39, 0.29) is 0 Å². The SMILES string of the molecule is Cc1ccc2nc(CCCl)n(Cc3ccnc(C)n3)c2n1. The van der Waals surface area contributed by atoms with E-state index in [2.05, 4.69) is 24.5 Å². The molecule has 0 spiro atoms. The van der Waals surface area contributed by atoms with Gasteiger partial charge in [0.1, 0.15) is 17.2 Å². The molecule has 0 saturated carbocycles. The lowest BCUT2D eigenvalue weighted by Gasteiger charge is -2.08. The zero-order valence-electron chi connectivity index (χ0n) is 12.0. The number of imidazole rings is 1. The van der Waals surface area contributed by atoms with Crippen LogP contribution in [0.4, 0.5) is 0 Å². The van der Waals surface area contributed by atoms with Crippen LogP contribution in [0.15, 0.2) is 24.4 Å². The fourth-order valence-electron chi connectivity index (χ4n) is 2.34. The molecule has 0 atom stereocenters. The standard InChI is InChI=1S/C15H16ClN5/c1-10-3-4-13-15(18-10)21(14(20-13)5-7-16)9-12-6-8-17-11(2)19-12/h3-4,6,8H,5,7,9H2,1-2H3. The number of halogens is 1. The van der Waals surface area contributed by atoms with E-state index >= 15 is 0 Å². The van der Waals surface area contributed by atoms with E-state index < -0.39 is 0 Å². The van der Waals surface area contributed by atoms with Gasteiger partial charge in [-0.15, -0.1) is 11.6 Å². The number of pyridine rings is 1. The summed E-state index contributed by atoms with van der Waals surface area (Å²) in [7, 11) is 0. The van der Waals surface area contributed by atoms with Gasteiger partial charge in [0.05, 0.1) is 12.2 Å². The van der Waals surface area contributed by atoms with Crippen molar-refractivity contribution >= 4 is 22.8 Å². The second-order valence-corrected chi connectivity index (χ2v) is 5.32. The van der Waals surface area contributed by atoms with Crippen LogP contribution in [0.25, 0.3) is 11.2 Å². The third kappa shape index (κ3) is 2.88. The van der Waals surface area contributed by atoms with Gasteiger partial charge in [-0.25, -0.2) is 19.9 Å². The maximum atomic E-state index is 5.90. The van der Waals surface area contributed by atoms with Crippen molar-refractivity contribution in [3.8, 4) is 0 Å². The Balaban J connectivity index is 2.10. The molecule has 0 radical (unpaired) electrons. The molecule has 3 aromatic rings. The fraction of sp³-hybridized carbons (Fsp3) is 0.333. The molecule has 6 heteroatoms. The van der Waals surface area contributed by atoms with Crippen molar-refractivity contribution in [2.75, 3.05) is 5.88 Å². The lowest BCUT2D eigenvalue weighted by Crippen LogP contribution is -2.09. The van der Waals surface area contributed by atoms with E-state index in [1.54, 1.807) is 6.20 Å². The van der Waals surface area contributed by atoms with E-state index in [0.29, 0.717) is 18.8 Å². The van der Waals surface area contributed by atoms with Crippen LogP contribution >= 0.6 is 11.6 Å². The third-order valence-corrected chi connectivity index (χ3v) is 3.47. The van der Waals surface area contributed by atoms with E-state index in [1.807, 2.05) is 32.0 Å². The molecule has 0 N–H and O–H groups in total. The average molecular weight is 302 g/mol. The lowest BCUT2D eigenvalue weighted by molar-refractivity contribution is 0.724. The lowest BCUT2D eigenvalue weighted by atomic mass is 10.3. The predicted octanol–water partition coefficient (Wildman–Crippen LogP) is 2.67. The highest BCUT2D eigenvalue weighted by atomic mass is 35.5. The minimum atomic E-state index is 0.533. The van der Waals surface area contributed by atoms with E-state index in [4.69, 9.17) is 11.6 Å². The number of fused-ring (bicyclic) bond motifs is 1. The maximum Gasteiger partial charge on any atom is 0.160 e. The topological polar surface area (TPSA) is 56.5 Å². The first-order chi connectivity index (χ1) is 10.2. The molecule has 0 saturated heterocycles. The van der Waals surface area contributed by atoms with Gasteiger partial charge in [0.15, 0.2) is 5.65 Å². The molecule has 5 nitrogen and oxygen atoms in total. The summed E-state index contributed by atoms with van der Waals surface area (Å²) < 4.78 is 2.09. The largest absolute Gasteiger partial charge is 0.307 e.